The highest BCUT2D eigenvalue weighted by molar-refractivity contribution is 5.14. The summed E-state index contributed by atoms with van der Waals surface area (Å²) < 4.78 is 5.35. The van der Waals surface area contributed by atoms with E-state index >= 15 is 0 Å². The van der Waals surface area contributed by atoms with Crippen LogP contribution in [0.5, 0.6) is 0 Å². The number of aliphatic hydroxyl groups is 1. The molecule has 1 N–H and O–H groups in total. The average Bonchev–Trinajstić information content (AvgIpc) is 2.24. The van der Waals surface area contributed by atoms with E-state index in [2.05, 4.69) is 18.7 Å². The van der Waals surface area contributed by atoms with Gasteiger partial charge in [-0.1, -0.05) is 36.9 Å². The molecule has 0 atom stereocenters. The maximum atomic E-state index is 8.81. The van der Waals surface area contributed by atoms with Gasteiger partial charge in [0.05, 0.1) is 12.4 Å². The Morgan fingerprint density at radius 1 is 1.20 bits per heavy atom. The van der Waals surface area contributed by atoms with Gasteiger partial charge in [0.25, 0.3) is 0 Å². The van der Waals surface area contributed by atoms with Crippen LogP contribution in [0.25, 0.3) is 0 Å². The van der Waals surface area contributed by atoms with E-state index in [4.69, 9.17) is 9.84 Å². The maximum Gasteiger partial charge on any atom is 0.0874 e. The van der Waals surface area contributed by atoms with Crippen molar-refractivity contribution < 1.29 is 9.84 Å². The van der Waals surface area contributed by atoms with Crippen LogP contribution in [-0.4, -0.2) is 18.3 Å². The van der Waals surface area contributed by atoms with Crippen molar-refractivity contribution in [1.29, 1.82) is 0 Å². The molecule has 0 aliphatic carbocycles. The SMILES string of the molecule is C=C(O)CCOCCCc1ccccc1. The first kappa shape index (κ1) is 11.8. The predicted molar refractivity (Wildman–Crippen MR) is 62.0 cm³/mol. The van der Waals surface area contributed by atoms with Gasteiger partial charge in [0.15, 0.2) is 0 Å². The van der Waals surface area contributed by atoms with Gasteiger partial charge in [-0.3, -0.25) is 0 Å². The van der Waals surface area contributed by atoms with Crippen LogP contribution in [0.3, 0.4) is 0 Å². The molecule has 0 aliphatic heterocycles. The van der Waals surface area contributed by atoms with E-state index in [-0.39, 0.29) is 5.76 Å². The van der Waals surface area contributed by atoms with Crippen LogP contribution in [0.2, 0.25) is 0 Å². The lowest BCUT2D eigenvalue weighted by Crippen LogP contribution is -1.99. The summed E-state index contributed by atoms with van der Waals surface area (Å²) in [5.41, 5.74) is 1.34. The lowest BCUT2D eigenvalue weighted by Gasteiger charge is -2.03. The van der Waals surface area contributed by atoms with Gasteiger partial charge in [-0.2, -0.15) is 0 Å². The Morgan fingerprint density at radius 2 is 1.93 bits per heavy atom. The zero-order valence-corrected chi connectivity index (χ0v) is 8.98. The molecule has 0 aliphatic rings. The van der Waals surface area contributed by atoms with Gasteiger partial charge in [-0.15, -0.1) is 0 Å². The third kappa shape index (κ3) is 5.92. The summed E-state index contributed by atoms with van der Waals surface area (Å²) in [7, 11) is 0. The molecule has 0 heterocycles. The van der Waals surface area contributed by atoms with Gasteiger partial charge in [-0.25, -0.2) is 0 Å². The van der Waals surface area contributed by atoms with Gasteiger partial charge in [0, 0.05) is 13.0 Å². The molecule has 0 fully saturated rings. The number of aryl methyl sites for hydroxylation is 1. The first-order valence-corrected chi connectivity index (χ1v) is 5.27. The van der Waals surface area contributed by atoms with Crippen LogP contribution in [0.15, 0.2) is 42.7 Å². The second-order valence-corrected chi connectivity index (χ2v) is 3.52. The Kier molecular flexibility index (Phi) is 5.56. The standard InChI is InChI=1S/C13H18O2/c1-12(14)9-11-15-10-5-8-13-6-3-2-4-7-13/h2-4,6-7,14H,1,5,8-11H2. The Hall–Kier alpha value is -1.28. The molecule has 0 saturated carbocycles. The number of benzene rings is 1. The fourth-order valence-electron chi connectivity index (χ4n) is 1.32. The van der Waals surface area contributed by atoms with Crippen molar-refractivity contribution in [2.45, 2.75) is 19.3 Å². The van der Waals surface area contributed by atoms with Crippen molar-refractivity contribution in [3.8, 4) is 0 Å². The Bertz CT molecular complexity index is 280. The smallest absolute Gasteiger partial charge is 0.0874 e. The predicted octanol–water partition coefficient (Wildman–Crippen LogP) is 3.10. The normalized spacial score (nSPS) is 10.1. The molecule has 1 aromatic rings. The Balaban J connectivity index is 2.00. The summed E-state index contributed by atoms with van der Waals surface area (Å²) in [6.07, 6.45) is 2.59. The van der Waals surface area contributed by atoms with Crippen molar-refractivity contribution >= 4 is 0 Å². The van der Waals surface area contributed by atoms with Crippen LogP contribution in [0, 0.1) is 0 Å². The molecule has 2 heteroatoms. The molecule has 15 heavy (non-hydrogen) atoms. The molecule has 82 valence electrons. The number of aliphatic hydroxyl groups excluding tert-OH is 1. The number of hydrogen-bond donors (Lipinski definition) is 1. The van der Waals surface area contributed by atoms with Crippen molar-refractivity contribution in [2.75, 3.05) is 13.2 Å². The van der Waals surface area contributed by atoms with E-state index in [1.165, 1.54) is 5.56 Å². The van der Waals surface area contributed by atoms with Gasteiger partial charge in [0.1, 0.15) is 0 Å². The van der Waals surface area contributed by atoms with E-state index in [9.17, 15) is 0 Å². The fourth-order valence-corrected chi connectivity index (χ4v) is 1.32. The van der Waals surface area contributed by atoms with Gasteiger partial charge >= 0.3 is 0 Å². The first-order chi connectivity index (χ1) is 7.29. The van der Waals surface area contributed by atoms with Crippen molar-refractivity contribution in [3.05, 3.63) is 48.2 Å². The number of rotatable bonds is 7. The molecule has 1 rings (SSSR count). The fraction of sp³-hybridized carbons (Fsp3) is 0.385. The summed E-state index contributed by atoms with van der Waals surface area (Å²) in [4.78, 5) is 0. The minimum atomic E-state index is 0.193. The summed E-state index contributed by atoms with van der Waals surface area (Å²) >= 11 is 0. The molecule has 0 unspecified atom stereocenters. The Morgan fingerprint density at radius 3 is 2.60 bits per heavy atom. The maximum absolute atomic E-state index is 8.81. The Labute approximate surface area is 91.2 Å². The van der Waals surface area contributed by atoms with E-state index in [1.807, 2.05) is 18.2 Å². The van der Waals surface area contributed by atoms with Gasteiger partial charge < -0.3 is 9.84 Å². The molecule has 0 aromatic heterocycles. The third-order valence-corrected chi connectivity index (χ3v) is 2.13. The van der Waals surface area contributed by atoms with Crippen LogP contribution in [-0.2, 0) is 11.2 Å². The molecule has 0 spiro atoms. The summed E-state index contributed by atoms with van der Waals surface area (Å²) in [6.45, 7) is 4.69. The van der Waals surface area contributed by atoms with E-state index in [0.29, 0.717) is 13.0 Å². The number of hydrogen-bond acceptors (Lipinski definition) is 2. The van der Waals surface area contributed by atoms with Crippen molar-refractivity contribution in [1.82, 2.24) is 0 Å². The minimum absolute atomic E-state index is 0.193. The molecule has 0 bridgehead atoms. The quantitative estimate of drug-likeness (QED) is 0.548. The summed E-state index contributed by atoms with van der Waals surface area (Å²) in [5, 5.41) is 8.81. The van der Waals surface area contributed by atoms with Crippen LogP contribution in [0.4, 0.5) is 0 Å². The summed E-state index contributed by atoms with van der Waals surface area (Å²) in [5.74, 6) is 0.193. The zero-order valence-electron chi connectivity index (χ0n) is 8.98. The lowest BCUT2D eigenvalue weighted by atomic mass is 10.1. The lowest BCUT2D eigenvalue weighted by molar-refractivity contribution is 0.127. The van der Waals surface area contributed by atoms with Gasteiger partial charge in [-0.05, 0) is 18.4 Å². The zero-order chi connectivity index (χ0) is 10.9. The third-order valence-electron chi connectivity index (χ3n) is 2.13. The highest BCUT2D eigenvalue weighted by Crippen LogP contribution is 2.02. The van der Waals surface area contributed by atoms with E-state index in [1.54, 1.807) is 0 Å². The highest BCUT2D eigenvalue weighted by Gasteiger charge is 1.93. The first-order valence-electron chi connectivity index (χ1n) is 5.27. The second kappa shape index (κ2) is 7.07. The summed E-state index contributed by atoms with van der Waals surface area (Å²) in [6, 6.07) is 10.4. The topological polar surface area (TPSA) is 29.5 Å². The van der Waals surface area contributed by atoms with E-state index < -0.39 is 0 Å². The average molecular weight is 206 g/mol. The number of ether oxygens (including phenoxy) is 1. The molecule has 0 radical (unpaired) electrons. The largest absolute Gasteiger partial charge is 0.513 e. The van der Waals surface area contributed by atoms with Crippen LogP contribution < -0.4 is 0 Å². The van der Waals surface area contributed by atoms with Crippen molar-refractivity contribution in [3.63, 3.8) is 0 Å². The highest BCUT2D eigenvalue weighted by atomic mass is 16.5. The minimum Gasteiger partial charge on any atom is -0.513 e. The molecule has 0 saturated heterocycles. The van der Waals surface area contributed by atoms with Gasteiger partial charge in [0.2, 0.25) is 0 Å². The molecule has 1 aromatic carbocycles. The molecule has 0 amide bonds. The molecular formula is C13H18O2. The monoisotopic (exact) mass is 206 g/mol. The molecule has 2 nitrogen and oxygen atoms in total. The van der Waals surface area contributed by atoms with Crippen LogP contribution in [0.1, 0.15) is 18.4 Å². The van der Waals surface area contributed by atoms with E-state index in [0.717, 1.165) is 19.4 Å². The molecular weight excluding hydrogens is 188 g/mol. The van der Waals surface area contributed by atoms with Crippen molar-refractivity contribution in [2.24, 2.45) is 0 Å². The second-order valence-electron chi connectivity index (χ2n) is 3.52. The van der Waals surface area contributed by atoms with Crippen LogP contribution >= 0.6 is 0 Å².